The number of fused-ring (bicyclic) bond motifs is 1. The Bertz CT molecular complexity index is 917. The van der Waals surface area contributed by atoms with E-state index in [9.17, 15) is 4.79 Å². The van der Waals surface area contributed by atoms with Crippen LogP contribution < -0.4 is 14.8 Å². The summed E-state index contributed by atoms with van der Waals surface area (Å²) in [5, 5.41) is 10.4. The summed E-state index contributed by atoms with van der Waals surface area (Å²) < 4.78 is 20.6. The first-order valence-electron chi connectivity index (χ1n) is 7.59. The van der Waals surface area contributed by atoms with E-state index < -0.39 is 0 Å². The van der Waals surface area contributed by atoms with Crippen molar-refractivity contribution in [3.63, 3.8) is 0 Å². The molecule has 3 heterocycles. The molecule has 9 nitrogen and oxygen atoms in total. The standard InChI is InChI=1S/C16H14N4O5/c1-9-4-11(19-24-9)16-18-15(25-20-16)7-17-14(21)6-10-2-3-12-13(5-10)23-8-22-12/h2-5H,6-8H2,1H3,(H,17,21). The molecule has 1 aromatic carbocycles. The van der Waals surface area contributed by atoms with Gasteiger partial charge in [0.05, 0.1) is 13.0 Å². The molecule has 4 rings (SSSR count). The summed E-state index contributed by atoms with van der Waals surface area (Å²) >= 11 is 0. The summed E-state index contributed by atoms with van der Waals surface area (Å²) in [5.41, 5.74) is 1.31. The van der Waals surface area contributed by atoms with Crippen molar-refractivity contribution in [3.05, 3.63) is 41.5 Å². The predicted octanol–water partition coefficient (Wildman–Crippen LogP) is 1.62. The Labute approximate surface area is 141 Å². The highest BCUT2D eigenvalue weighted by molar-refractivity contribution is 5.78. The smallest absolute Gasteiger partial charge is 0.246 e. The van der Waals surface area contributed by atoms with Crippen LogP contribution in [0.1, 0.15) is 17.2 Å². The number of rotatable bonds is 5. The fourth-order valence-electron chi connectivity index (χ4n) is 2.38. The van der Waals surface area contributed by atoms with E-state index in [1.165, 1.54) is 0 Å². The summed E-state index contributed by atoms with van der Waals surface area (Å²) in [7, 11) is 0. The van der Waals surface area contributed by atoms with Gasteiger partial charge in [-0.15, -0.1) is 0 Å². The van der Waals surface area contributed by atoms with Gasteiger partial charge in [0.1, 0.15) is 5.76 Å². The maximum atomic E-state index is 12.1. The second kappa shape index (κ2) is 6.27. The molecule has 1 aliphatic heterocycles. The lowest BCUT2D eigenvalue weighted by Gasteiger charge is -2.04. The minimum Gasteiger partial charge on any atom is -0.454 e. The van der Waals surface area contributed by atoms with Gasteiger partial charge in [-0.1, -0.05) is 16.4 Å². The quantitative estimate of drug-likeness (QED) is 0.744. The number of carbonyl (C=O) groups is 1. The van der Waals surface area contributed by atoms with Crippen molar-refractivity contribution in [1.29, 1.82) is 0 Å². The van der Waals surface area contributed by atoms with E-state index in [0.717, 1.165) is 5.56 Å². The molecule has 0 atom stereocenters. The second-order valence-electron chi connectivity index (χ2n) is 5.48. The Morgan fingerprint density at radius 3 is 2.88 bits per heavy atom. The third-order valence-electron chi connectivity index (χ3n) is 3.56. The van der Waals surface area contributed by atoms with Crippen LogP contribution in [0.25, 0.3) is 11.5 Å². The zero-order valence-corrected chi connectivity index (χ0v) is 13.3. The van der Waals surface area contributed by atoms with Crippen molar-refractivity contribution < 1.29 is 23.3 Å². The average molecular weight is 342 g/mol. The van der Waals surface area contributed by atoms with Gasteiger partial charge in [-0.25, -0.2) is 0 Å². The number of ether oxygens (including phenoxy) is 2. The lowest BCUT2D eigenvalue weighted by Crippen LogP contribution is -2.24. The maximum absolute atomic E-state index is 12.1. The SMILES string of the molecule is Cc1cc(-c2noc(CNC(=O)Cc3ccc4c(c3)OCO4)n2)no1. The van der Waals surface area contributed by atoms with Crippen LogP contribution in [-0.4, -0.2) is 28.0 Å². The highest BCUT2D eigenvalue weighted by Crippen LogP contribution is 2.32. The Hall–Kier alpha value is -3.36. The van der Waals surface area contributed by atoms with Gasteiger partial charge in [0, 0.05) is 6.07 Å². The predicted molar refractivity (Wildman–Crippen MR) is 82.6 cm³/mol. The van der Waals surface area contributed by atoms with Crippen molar-refractivity contribution in [2.45, 2.75) is 19.9 Å². The third kappa shape index (κ3) is 3.30. The van der Waals surface area contributed by atoms with Crippen LogP contribution in [0.4, 0.5) is 0 Å². The summed E-state index contributed by atoms with van der Waals surface area (Å²) in [5.74, 6) is 2.42. The van der Waals surface area contributed by atoms with Crippen LogP contribution in [0.2, 0.25) is 0 Å². The van der Waals surface area contributed by atoms with Gasteiger partial charge in [-0.3, -0.25) is 4.79 Å². The molecule has 0 fully saturated rings. The molecule has 0 saturated heterocycles. The Morgan fingerprint density at radius 1 is 1.16 bits per heavy atom. The lowest BCUT2D eigenvalue weighted by atomic mass is 10.1. The molecule has 0 spiro atoms. The number of aryl methyl sites for hydroxylation is 1. The van der Waals surface area contributed by atoms with Gasteiger partial charge >= 0.3 is 0 Å². The zero-order chi connectivity index (χ0) is 17.2. The molecule has 0 bridgehead atoms. The maximum Gasteiger partial charge on any atom is 0.246 e. The molecule has 0 aliphatic carbocycles. The number of hydrogen-bond donors (Lipinski definition) is 1. The molecular formula is C16H14N4O5. The number of hydrogen-bond acceptors (Lipinski definition) is 8. The van der Waals surface area contributed by atoms with Gasteiger partial charge in [0.2, 0.25) is 24.4 Å². The number of amides is 1. The van der Waals surface area contributed by atoms with E-state index in [1.54, 1.807) is 25.1 Å². The number of carbonyl (C=O) groups excluding carboxylic acids is 1. The molecule has 25 heavy (non-hydrogen) atoms. The molecule has 9 heteroatoms. The first-order chi connectivity index (χ1) is 12.2. The largest absolute Gasteiger partial charge is 0.454 e. The number of nitrogens with one attached hydrogen (secondary N) is 1. The summed E-state index contributed by atoms with van der Waals surface area (Å²) in [4.78, 5) is 16.2. The van der Waals surface area contributed by atoms with Gasteiger partial charge in [0.25, 0.3) is 0 Å². The van der Waals surface area contributed by atoms with Gasteiger partial charge in [-0.05, 0) is 24.6 Å². The average Bonchev–Trinajstić information content (AvgIpc) is 3.32. The third-order valence-corrected chi connectivity index (χ3v) is 3.56. The summed E-state index contributed by atoms with van der Waals surface area (Å²) in [6, 6.07) is 7.10. The van der Waals surface area contributed by atoms with Gasteiger partial charge in [-0.2, -0.15) is 4.98 Å². The molecular weight excluding hydrogens is 328 g/mol. The molecule has 2 aromatic heterocycles. The van der Waals surface area contributed by atoms with E-state index >= 15 is 0 Å². The van der Waals surface area contributed by atoms with Crippen LogP contribution in [-0.2, 0) is 17.8 Å². The van der Waals surface area contributed by atoms with Crippen LogP contribution in [0.15, 0.2) is 33.3 Å². The molecule has 0 unspecified atom stereocenters. The van der Waals surface area contributed by atoms with Crippen molar-refractivity contribution in [1.82, 2.24) is 20.6 Å². The molecule has 1 N–H and O–H groups in total. The first kappa shape index (κ1) is 15.2. The van der Waals surface area contributed by atoms with Crippen molar-refractivity contribution in [3.8, 4) is 23.0 Å². The molecule has 1 amide bonds. The fourth-order valence-corrected chi connectivity index (χ4v) is 2.38. The normalized spacial score (nSPS) is 12.4. The molecule has 3 aromatic rings. The van der Waals surface area contributed by atoms with Crippen LogP contribution in [0.5, 0.6) is 11.5 Å². The van der Waals surface area contributed by atoms with E-state index in [4.69, 9.17) is 18.5 Å². The second-order valence-corrected chi connectivity index (χ2v) is 5.48. The van der Waals surface area contributed by atoms with Gasteiger partial charge < -0.3 is 23.8 Å². The highest BCUT2D eigenvalue weighted by atomic mass is 16.7. The molecule has 1 aliphatic rings. The van der Waals surface area contributed by atoms with Gasteiger partial charge in [0.15, 0.2) is 17.2 Å². The van der Waals surface area contributed by atoms with Crippen LogP contribution in [0, 0.1) is 6.92 Å². The molecule has 0 saturated carbocycles. The summed E-state index contributed by atoms with van der Waals surface area (Å²) in [6.07, 6.45) is 0.208. The Morgan fingerprint density at radius 2 is 2.04 bits per heavy atom. The first-order valence-corrected chi connectivity index (χ1v) is 7.59. The van der Waals surface area contributed by atoms with Crippen molar-refractivity contribution in [2.24, 2.45) is 0 Å². The van der Waals surface area contributed by atoms with E-state index in [2.05, 4.69) is 20.6 Å². The Balaban J connectivity index is 1.34. The van der Waals surface area contributed by atoms with E-state index in [0.29, 0.717) is 28.8 Å². The number of aromatic nitrogens is 3. The highest BCUT2D eigenvalue weighted by Gasteiger charge is 2.16. The van der Waals surface area contributed by atoms with Crippen molar-refractivity contribution in [2.75, 3.05) is 6.79 Å². The molecule has 128 valence electrons. The topological polar surface area (TPSA) is 113 Å². The summed E-state index contributed by atoms with van der Waals surface area (Å²) in [6.45, 7) is 2.11. The number of benzene rings is 1. The minimum atomic E-state index is -0.170. The van der Waals surface area contributed by atoms with E-state index in [1.807, 2.05) is 6.07 Å². The van der Waals surface area contributed by atoms with Crippen LogP contribution >= 0.6 is 0 Å². The minimum absolute atomic E-state index is 0.132. The Kier molecular flexibility index (Phi) is 3.81. The lowest BCUT2D eigenvalue weighted by molar-refractivity contribution is -0.120. The van der Waals surface area contributed by atoms with Crippen molar-refractivity contribution >= 4 is 5.91 Å². The van der Waals surface area contributed by atoms with Crippen LogP contribution in [0.3, 0.4) is 0 Å². The fraction of sp³-hybridized carbons (Fsp3) is 0.250. The van der Waals surface area contributed by atoms with E-state index in [-0.39, 0.29) is 31.6 Å². The monoisotopic (exact) mass is 342 g/mol. The molecule has 0 radical (unpaired) electrons. The number of nitrogens with zero attached hydrogens (tertiary/aromatic N) is 3. The zero-order valence-electron chi connectivity index (χ0n) is 13.3.